The lowest BCUT2D eigenvalue weighted by atomic mass is 9.98. The van der Waals surface area contributed by atoms with Gasteiger partial charge in [0.25, 0.3) is 0 Å². The van der Waals surface area contributed by atoms with Crippen LogP contribution in [0, 0.1) is 6.92 Å². The third-order valence-electron chi connectivity index (χ3n) is 7.05. The highest BCUT2D eigenvalue weighted by molar-refractivity contribution is 5.72. The number of hydrogen-bond acceptors (Lipinski definition) is 6. The molecule has 0 bridgehead atoms. The van der Waals surface area contributed by atoms with Gasteiger partial charge in [-0.3, -0.25) is 4.79 Å². The number of aliphatic carboxylic acids is 1. The summed E-state index contributed by atoms with van der Waals surface area (Å²) in [5.74, 6) is 3.02. The molecule has 0 unspecified atom stereocenters. The Morgan fingerprint density at radius 1 is 1.03 bits per heavy atom. The number of carboxylic acid groups (broad SMARTS) is 1. The summed E-state index contributed by atoms with van der Waals surface area (Å²) in [5.41, 5.74) is 6.16. The van der Waals surface area contributed by atoms with E-state index in [1.807, 2.05) is 61.5 Å². The molecule has 37 heavy (non-hydrogen) atoms. The van der Waals surface area contributed by atoms with Gasteiger partial charge in [-0.05, 0) is 84.3 Å². The molecule has 4 aromatic rings. The van der Waals surface area contributed by atoms with E-state index in [9.17, 15) is 4.79 Å². The largest absolute Gasteiger partial charge is 0.493 e. The topological polar surface area (TPSA) is 91.0 Å². The van der Waals surface area contributed by atoms with Crippen molar-refractivity contribution in [1.82, 2.24) is 4.98 Å². The van der Waals surface area contributed by atoms with Crippen LogP contribution in [0.25, 0.3) is 22.6 Å². The van der Waals surface area contributed by atoms with Gasteiger partial charge in [-0.2, -0.15) is 0 Å². The van der Waals surface area contributed by atoms with E-state index in [2.05, 4.69) is 6.07 Å². The van der Waals surface area contributed by atoms with E-state index in [1.54, 1.807) is 0 Å². The van der Waals surface area contributed by atoms with Crippen LogP contribution in [-0.4, -0.2) is 29.5 Å². The van der Waals surface area contributed by atoms with Gasteiger partial charge in [0.2, 0.25) is 12.7 Å². The number of nitrogens with zero attached hydrogens (tertiary/aromatic N) is 1. The van der Waals surface area contributed by atoms with Gasteiger partial charge in [0.1, 0.15) is 11.5 Å². The van der Waals surface area contributed by atoms with Crippen LogP contribution < -0.4 is 14.2 Å². The number of ether oxygens (including phenoxy) is 3. The SMILES string of the molecule is Cc1oc(-c2cccc(-c3ccc4c(c3)OCO4)c2)nc1CCOc1ccc2c(c1)CC[C@H]2CC(=O)O. The standard InChI is InChI=1S/C30H27NO6/c1-18-26(11-12-34-24-8-9-25-21(14-24)5-6-22(25)16-29(32)33)31-30(37-18)23-4-2-3-19(13-23)20-7-10-27-28(15-20)36-17-35-27/h2-4,7-10,13-15,22H,5-6,11-12,16-17H2,1H3,(H,32,33)/t22-/m0/s1. The van der Waals surface area contributed by atoms with Crippen LogP contribution in [-0.2, 0) is 17.6 Å². The molecule has 0 amide bonds. The van der Waals surface area contributed by atoms with E-state index in [0.29, 0.717) is 18.9 Å². The predicted molar refractivity (Wildman–Crippen MR) is 137 cm³/mol. The quantitative estimate of drug-likeness (QED) is 0.311. The first-order valence-electron chi connectivity index (χ1n) is 12.5. The van der Waals surface area contributed by atoms with Gasteiger partial charge in [0.15, 0.2) is 11.5 Å². The number of fused-ring (bicyclic) bond motifs is 2. The van der Waals surface area contributed by atoms with Crippen LogP contribution in [0.2, 0.25) is 0 Å². The summed E-state index contributed by atoms with van der Waals surface area (Å²) < 4.78 is 23.0. The van der Waals surface area contributed by atoms with Gasteiger partial charge in [-0.15, -0.1) is 0 Å². The highest BCUT2D eigenvalue weighted by Gasteiger charge is 2.25. The van der Waals surface area contributed by atoms with E-state index in [-0.39, 0.29) is 19.1 Å². The Bertz CT molecular complexity index is 1470. The van der Waals surface area contributed by atoms with Crippen LogP contribution in [0.5, 0.6) is 17.2 Å². The third kappa shape index (κ3) is 4.77. The van der Waals surface area contributed by atoms with Gasteiger partial charge >= 0.3 is 5.97 Å². The van der Waals surface area contributed by atoms with Gasteiger partial charge < -0.3 is 23.7 Å². The summed E-state index contributed by atoms with van der Waals surface area (Å²) in [4.78, 5) is 15.9. The number of carbonyl (C=O) groups is 1. The maximum atomic E-state index is 11.1. The maximum absolute atomic E-state index is 11.1. The summed E-state index contributed by atoms with van der Waals surface area (Å²) in [6.07, 6.45) is 2.57. The highest BCUT2D eigenvalue weighted by Crippen LogP contribution is 2.38. The fourth-order valence-electron chi connectivity index (χ4n) is 5.15. The fourth-order valence-corrected chi connectivity index (χ4v) is 5.15. The molecular formula is C30H27NO6. The fraction of sp³-hybridized carbons (Fsp3) is 0.267. The lowest BCUT2D eigenvalue weighted by molar-refractivity contribution is -0.137. The van der Waals surface area contributed by atoms with Crippen LogP contribution in [0.1, 0.15) is 41.3 Å². The summed E-state index contributed by atoms with van der Waals surface area (Å²) in [5, 5.41) is 9.12. The minimum atomic E-state index is -0.750. The smallest absolute Gasteiger partial charge is 0.303 e. The Morgan fingerprint density at radius 3 is 2.76 bits per heavy atom. The number of aryl methyl sites for hydroxylation is 2. The van der Waals surface area contributed by atoms with Gasteiger partial charge in [-0.25, -0.2) is 4.98 Å². The number of rotatable bonds is 8. The Labute approximate surface area is 214 Å². The van der Waals surface area contributed by atoms with Crippen molar-refractivity contribution in [3.8, 4) is 39.8 Å². The minimum Gasteiger partial charge on any atom is -0.493 e. The van der Waals surface area contributed by atoms with E-state index in [4.69, 9.17) is 28.7 Å². The number of hydrogen-bond donors (Lipinski definition) is 1. The zero-order valence-corrected chi connectivity index (χ0v) is 20.5. The average molecular weight is 498 g/mol. The first-order valence-corrected chi connectivity index (χ1v) is 12.5. The van der Waals surface area contributed by atoms with Crippen LogP contribution in [0.4, 0.5) is 0 Å². The molecule has 0 fully saturated rings. The van der Waals surface area contributed by atoms with Crippen molar-refractivity contribution in [2.75, 3.05) is 13.4 Å². The van der Waals surface area contributed by atoms with Crippen molar-refractivity contribution in [1.29, 1.82) is 0 Å². The monoisotopic (exact) mass is 497 g/mol. The van der Waals surface area contributed by atoms with E-state index in [0.717, 1.165) is 63.8 Å². The molecule has 6 rings (SSSR count). The first kappa shape index (κ1) is 23.2. The second-order valence-corrected chi connectivity index (χ2v) is 9.46. The summed E-state index contributed by atoms with van der Waals surface area (Å²) in [6.45, 7) is 2.65. The number of benzene rings is 3. The zero-order valence-electron chi connectivity index (χ0n) is 20.5. The van der Waals surface area contributed by atoms with Crippen molar-refractivity contribution in [3.63, 3.8) is 0 Å². The molecule has 1 aromatic heterocycles. The number of oxazole rings is 1. The zero-order chi connectivity index (χ0) is 25.4. The molecule has 2 heterocycles. The van der Waals surface area contributed by atoms with E-state index >= 15 is 0 Å². The first-order chi connectivity index (χ1) is 18.0. The Morgan fingerprint density at radius 2 is 1.86 bits per heavy atom. The maximum Gasteiger partial charge on any atom is 0.303 e. The molecule has 0 saturated heterocycles. The second-order valence-electron chi connectivity index (χ2n) is 9.46. The third-order valence-corrected chi connectivity index (χ3v) is 7.05. The average Bonchev–Trinajstić information content (AvgIpc) is 3.62. The highest BCUT2D eigenvalue weighted by atomic mass is 16.7. The van der Waals surface area contributed by atoms with Gasteiger partial charge in [0, 0.05) is 12.0 Å². The molecule has 1 aliphatic heterocycles. The Hall–Kier alpha value is -4.26. The van der Waals surface area contributed by atoms with Crippen molar-refractivity contribution in [3.05, 3.63) is 83.2 Å². The summed E-state index contributed by atoms with van der Waals surface area (Å²) >= 11 is 0. The molecule has 188 valence electrons. The molecule has 0 spiro atoms. The molecule has 1 aliphatic carbocycles. The molecule has 0 radical (unpaired) electrons. The summed E-state index contributed by atoms with van der Waals surface area (Å²) in [6, 6.07) is 20.0. The molecule has 7 heteroatoms. The lowest BCUT2D eigenvalue weighted by Gasteiger charge is -2.10. The van der Waals surface area contributed by atoms with E-state index in [1.165, 1.54) is 5.56 Å². The number of carboxylic acids is 1. The molecule has 1 atom stereocenters. The summed E-state index contributed by atoms with van der Waals surface area (Å²) in [7, 11) is 0. The molecular weight excluding hydrogens is 470 g/mol. The minimum absolute atomic E-state index is 0.0984. The van der Waals surface area contributed by atoms with Gasteiger partial charge in [0.05, 0.1) is 18.7 Å². The van der Waals surface area contributed by atoms with Crippen LogP contribution in [0.15, 0.2) is 65.1 Å². The van der Waals surface area contributed by atoms with Gasteiger partial charge in [-0.1, -0.05) is 24.3 Å². The molecule has 0 saturated carbocycles. The Balaban J connectivity index is 1.12. The van der Waals surface area contributed by atoms with Crippen LogP contribution >= 0.6 is 0 Å². The molecule has 7 nitrogen and oxygen atoms in total. The normalized spacial score (nSPS) is 15.5. The predicted octanol–water partition coefficient (Wildman–Crippen LogP) is 6.17. The molecule has 1 N–H and O–H groups in total. The molecule has 2 aliphatic rings. The number of aromatic nitrogens is 1. The van der Waals surface area contributed by atoms with Crippen molar-refractivity contribution in [2.24, 2.45) is 0 Å². The van der Waals surface area contributed by atoms with Crippen molar-refractivity contribution >= 4 is 5.97 Å². The lowest BCUT2D eigenvalue weighted by Crippen LogP contribution is -2.04. The second kappa shape index (κ2) is 9.65. The Kier molecular flexibility index (Phi) is 6.04. The van der Waals surface area contributed by atoms with Crippen LogP contribution in [0.3, 0.4) is 0 Å². The molecule has 3 aromatic carbocycles. The van der Waals surface area contributed by atoms with Crippen molar-refractivity contribution < 1.29 is 28.5 Å². The van der Waals surface area contributed by atoms with Crippen molar-refractivity contribution in [2.45, 2.75) is 38.5 Å². The van der Waals surface area contributed by atoms with E-state index < -0.39 is 5.97 Å².